The maximum atomic E-state index is 10.8. The molecule has 1 atom stereocenters. The molecule has 0 saturated carbocycles. The first-order valence-electron chi connectivity index (χ1n) is 6.30. The Morgan fingerprint density at radius 1 is 1.55 bits per heavy atom. The number of carbonyl (C=O) groups is 1. The van der Waals surface area contributed by atoms with E-state index in [-0.39, 0.29) is 11.8 Å². The van der Waals surface area contributed by atoms with Gasteiger partial charge in [0, 0.05) is 23.8 Å². The standard InChI is InChI=1S/C14H17NO5/c1-3-4-10(2)20-13-7-6-12(15(18)19)9-11(13)5-8-14(16)17/h5-10H,3-4H2,1-2H3,(H,16,17)/b8-5+. The number of carboxylic acid groups (broad SMARTS) is 1. The average Bonchev–Trinajstić information content (AvgIpc) is 2.37. The third-order valence-corrected chi connectivity index (χ3v) is 2.63. The fourth-order valence-electron chi connectivity index (χ4n) is 1.73. The number of aliphatic carboxylic acids is 1. The molecule has 6 heteroatoms. The van der Waals surface area contributed by atoms with Crippen LogP contribution in [-0.2, 0) is 4.79 Å². The quantitative estimate of drug-likeness (QED) is 0.470. The zero-order valence-electron chi connectivity index (χ0n) is 11.4. The van der Waals surface area contributed by atoms with Crippen LogP contribution in [0.15, 0.2) is 24.3 Å². The van der Waals surface area contributed by atoms with Crippen LogP contribution in [0.4, 0.5) is 5.69 Å². The number of rotatable bonds is 7. The van der Waals surface area contributed by atoms with Gasteiger partial charge in [-0.25, -0.2) is 4.79 Å². The lowest BCUT2D eigenvalue weighted by Crippen LogP contribution is -2.11. The van der Waals surface area contributed by atoms with Crippen molar-refractivity contribution in [3.63, 3.8) is 0 Å². The van der Waals surface area contributed by atoms with Crippen molar-refractivity contribution in [3.05, 3.63) is 40.0 Å². The van der Waals surface area contributed by atoms with Gasteiger partial charge in [-0.2, -0.15) is 0 Å². The highest BCUT2D eigenvalue weighted by molar-refractivity contribution is 5.86. The van der Waals surface area contributed by atoms with Crippen molar-refractivity contribution in [1.29, 1.82) is 0 Å². The lowest BCUT2D eigenvalue weighted by molar-refractivity contribution is -0.384. The zero-order valence-corrected chi connectivity index (χ0v) is 11.4. The second-order valence-corrected chi connectivity index (χ2v) is 4.37. The van der Waals surface area contributed by atoms with Crippen molar-refractivity contribution >= 4 is 17.7 Å². The van der Waals surface area contributed by atoms with Crippen molar-refractivity contribution in [2.24, 2.45) is 0 Å². The van der Waals surface area contributed by atoms with Crippen LogP contribution in [0, 0.1) is 10.1 Å². The molecule has 1 rings (SSSR count). The molecule has 0 spiro atoms. The van der Waals surface area contributed by atoms with Gasteiger partial charge in [-0.05, 0) is 25.5 Å². The number of nitro groups is 1. The molecule has 108 valence electrons. The molecule has 1 unspecified atom stereocenters. The Labute approximate surface area is 116 Å². The van der Waals surface area contributed by atoms with Crippen LogP contribution >= 0.6 is 0 Å². The normalized spacial score (nSPS) is 12.3. The molecule has 6 nitrogen and oxygen atoms in total. The Balaban J connectivity index is 3.08. The first kappa shape index (κ1) is 15.7. The van der Waals surface area contributed by atoms with Crippen LogP contribution in [0.2, 0.25) is 0 Å². The second kappa shape index (κ2) is 7.28. The summed E-state index contributed by atoms with van der Waals surface area (Å²) in [7, 11) is 0. The maximum Gasteiger partial charge on any atom is 0.328 e. The van der Waals surface area contributed by atoms with E-state index >= 15 is 0 Å². The van der Waals surface area contributed by atoms with E-state index in [4.69, 9.17) is 9.84 Å². The largest absolute Gasteiger partial charge is 0.490 e. The summed E-state index contributed by atoms with van der Waals surface area (Å²) < 4.78 is 5.69. The molecule has 1 aromatic carbocycles. The highest BCUT2D eigenvalue weighted by atomic mass is 16.6. The molecule has 20 heavy (non-hydrogen) atoms. The van der Waals surface area contributed by atoms with Gasteiger partial charge in [0.1, 0.15) is 5.75 Å². The summed E-state index contributed by atoms with van der Waals surface area (Å²) in [6, 6.07) is 4.13. The fourth-order valence-corrected chi connectivity index (χ4v) is 1.73. The van der Waals surface area contributed by atoms with Crippen LogP contribution in [0.1, 0.15) is 32.3 Å². The molecule has 0 aromatic heterocycles. The molecule has 0 amide bonds. The Morgan fingerprint density at radius 3 is 2.80 bits per heavy atom. The minimum absolute atomic E-state index is 0.0431. The van der Waals surface area contributed by atoms with Gasteiger partial charge >= 0.3 is 5.97 Å². The Kier molecular flexibility index (Phi) is 5.71. The number of non-ortho nitro benzene ring substituents is 1. The van der Waals surface area contributed by atoms with E-state index in [2.05, 4.69) is 0 Å². The van der Waals surface area contributed by atoms with Gasteiger partial charge in [0.05, 0.1) is 11.0 Å². The summed E-state index contributed by atoms with van der Waals surface area (Å²) in [5.41, 5.74) is 0.273. The molecule has 0 aliphatic heterocycles. The molecule has 1 N–H and O–H groups in total. The van der Waals surface area contributed by atoms with Crippen molar-refractivity contribution in [1.82, 2.24) is 0 Å². The first-order chi connectivity index (χ1) is 9.43. The van der Waals surface area contributed by atoms with Crippen LogP contribution in [-0.4, -0.2) is 22.1 Å². The number of hydrogen-bond acceptors (Lipinski definition) is 4. The Hall–Kier alpha value is -2.37. The van der Waals surface area contributed by atoms with E-state index in [9.17, 15) is 14.9 Å². The average molecular weight is 279 g/mol. The Morgan fingerprint density at radius 2 is 2.25 bits per heavy atom. The van der Waals surface area contributed by atoms with Crippen molar-refractivity contribution in [2.75, 3.05) is 0 Å². The van der Waals surface area contributed by atoms with E-state index in [1.165, 1.54) is 24.3 Å². The highest BCUT2D eigenvalue weighted by Crippen LogP contribution is 2.27. The molecule has 0 radical (unpaired) electrons. The van der Waals surface area contributed by atoms with E-state index < -0.39 is 10.9 Å². The maximum absolute atomic E-state index is 10.8. The predicted octanol–water partition coefficient (Wildman–Crippen LogP) is 3.26. The highest BCUT2D eigenvalue weighted by Gasteiger charge is 2.12. The molecule has 0 bridgehead atoms. The number of carboxylic acids is 1. The van der Waals surface area contributed by atoms with E-state index in [0.717, 1.165) is 18.9 Å². The summed E-state index contributed by atoms with van der Waals surface area (Å²) >= 11 is 0. The number of nitrogens with zero attached hydrogens (tertiary/aromatic N) is 1. The predicted molar refractivity (Wildman–Crippen MR) is 74.8 cm³/mol. The third-order valence-electron chi connectivity index (χ3n) is 2.63. The molecule has 1 aromatic rings. The van der Waals surface area contributed by atoms with E-state index in [1.807, 2.05) is 13.8 Å². The molecule has 0 saturated heterocycles. The van der Waals surface area contributed by atoms with Gasteiger partial charge in [0.15, 0.2) is 0 Å². The fraction of sp³-hybridized carbons (Fsp3) is 0.357. The summed E-state index contributed by atoms with van der Waals surface area (Å²) in [5.74, 6) is -0.682. The van der Waals surface area contributed by atoms with E-state index in [0.29, 0.717) is 11.3 Å². The molecule has 0 aliphatic rings. The van der Waals surface area contributed by atoms with Crippen LogP contribution in [0.25, 0.3) is 6.08 Å². The van der Waals surface area contributed by atoms with Gasteiger partial charge in [-0.1, -0.05) is 13.3 Å². The van der Waals surface area contributed by atoms with Gasteiger partial charge in [0.25, 0.3) is 5.69 Å². The van der Waals surface area contributed by atoms with Crippen LogP contribution in [0.5, 0.6) is 5.75 Å². The SMILES string of the molecule is CCCC(C)Oc1ccc([N+](=O)[O-])cc1/C=C/C(=O)O. The number of ether oxygens (including phenoxy) is 1. The topological polar surface area (TPSA) is 89.7 Å². The second-order valence-electron chi connectivity index (χ2n) is 4.37. The third kappa shape index (κ3) is 4.72. The van der Waals surface area contributed by atoms with Crippen LogP contribution < -0.4 is 4.74 Å². The number of hydrogen-bond donors (Lipinski definition) is 1. The lowest BCUT2D eigenvalue weighted by atomic mass is 10.1. The van der Waals surface area contributed by atoms with Gasteiger partial charge in [-0.15, -0.1) is 0 Å². The van der Waals surface area contributed by atoms with Crippen molar-refractivity contribution in [3.8, 4) is 5.75 Å². The van der Waals surface area contributed by atoms with Crippen LogP contribution in [0.3, 0.4) is 0 Å². The molecule has 0 fully saturated rings. The van der Waals surface area contributed by atoms with E-state index in [1.54, 1.807) is 0 Å². The van der Waals surface area contributed by atoms with Gasteiger partial charge in [0.2, 0.25) is 0 Å². The molecular formula is C14H17NO5. The summed E-state index contributed by atoms with van der Waals surface area (Å²) in [4.78, 5) is 20.8. The monoisotopic (exact) mass is 279 g/mol. The summed E-state index contributed by atoms with van der Waals surface area (Å²) in [6.07, 6.45) is 3.98. The first-order valence-corrected chi connectivity index (χ1v) is 6.30. The molecular weight excluding hydrogens is 262 g/mol. The van der Waals surface area contributed by atoms with Crippen molar-refractivity contribution < 1.29 is 19.6 Å². The minimum atomic E-state index is -1.12. The van der Waals surface area contributed by atoms with Crippen molar-refractivity contribution in [2.45, 2.75) is 32.8 Å². The number of nitro benzene ring substituents is 1. The molecule has 0 aliphatic carbocycles. The number of benzene rings is 1. The van der Waals surface area contributed by atoms with Gasteiger partial charge in [-0.3, -0.25) is 10.1 Å². The Bertz CT molecular complexity index is 524. The smallest absolute Gasteiger partial charge is 0.328 e. The molecule has 0 heterocycles. The summed E-state index contributed by atoms with van der Waals surface area (Å²) in [5, 5.41) is 19.4. The lowest BCUT2D eigenvalue weighted by Gasteiger charge is -2.15. The minimum Gasteiger partial charge on any atom is -0.490 e. The summed E-state index contributed by atoms with van der Waals surface area (Å²) in [6.45, 7) is 3.93. The zero-order chi connectivity index (χ0) is 15.1. The van der Waals surface area contributed by atoms with Gasteiger partial charge < -0.3 is 9.84 Å².